The number of nitrogens with zero attached hydrogens (tertiary/aromatic N) is 5. The van der Waals surface area contributed by atoms with E-state index in [2.05, 4.69) is 25.9 Å². The monoisotopic (exact) mass is 249 g/mol. The first-order chi connectivity index (χ1) is 8.29. The molecule has 0 aliphatic rings. The molecule has 0 bridgehead atoms. The molecule has 0 saturated carbocycles. The van der Waals surface area contributed by atoms with Crippen LogP contribution in [0.15, 0.2) is 18.7 Å². The molecule has 0 saturated heterocycles. The Morgan fingerprint density at radius 1 is 1.41 bits per heavy atom. The van der Waals surface area contributed by atoms with Gasteiger partial charge >= 0.3 is 6.01 Å². The van der Waals surface area contributed by atoms with E-state index in [9.17, 15) is 0 Å². The zero-order valence-electron chi connectivity index (χ0n) is 8.75. The van der Waals surface area contributed by atoms with E-state index < -0.39 is 0 Å². The molecule has 0 atom stereocenters. The van der Waals surface area contributed by atoms with Crippen LogP contribution in [0.1, 0.15) is 6.42 Å². The summed E-state index contributed by atoms with van der Waals surface area (Å²) >= 11 is 5.76. The van der Waals surface area contributed by atoms with Gasteiger partial charge in [0, 0.05) is 18.8 Å². The number of terminal acetylenes is 1. The highest BCUT2D eigenvalue weighted by atomic mass is 35.5. The second-order valence-electron chi connectivity index (χ2n) is 2.96. The average Bonchev–Trinajstić information content (AvgIpc) is 2.82. The van der Waals surface area contributed by atoms with Gasteiger partial charge in [0.2, 0.25) is 11.2 Å². The van der Waals surface area contributed by atoms with Gasteiger partial charge in [0.15, 0.2) is 0 Å². The number of halogens is 1. The fourth-order valence-corrected chi connectivity index (χ4v) is 1.23. The molecule has 2 rings (SSSR count). The predicted octanol–water partition coefficient (Wildman–Crippen LogP) is 1.11. The fraction of sp³-hybridized carbons (Fsp3) is 0.200. The van der Waals surface area contributed by atoms with Crippen LogP contribution in [0.3, 0.4) is 0 Å². The van der Waals surface area contributed by atoms with Crippen LogP contribution in [-0.4, -0.2) is 31.1 Å². The summed E-state index contributed by atoms with van der Waals surface area (Å²) in [6, 6.07) is 0.143. The van der Waals surface area contributed by atoms with Crippen molar-refractivity contribution in [2.24, 2.45) is 0 Å². The Morgan fingerprint density at radius 2 is 2.29 bits per heavy atom. The lowest BCUT2D eigenvalue weighted by Gasteiger charge is -2.04. The maximum absolute atomic E-state index is 5.76. The normalized spacial score (nSPS) is 9.88. The van der Waals surface area contributed by atoms with Crippen LogP contribution in [-0.2, 0) is 0 Å². The second kappa shape index (κ2) is 5.27. The van der Waals surface area contributed by atoms with Crippen molar-refractivity contribution in [3.63, 3.8) is 0 Å². The molecule has 0 aliphatic heterocycles. The first kappa shape index (κ1) is 11.4. The van der Waals surface area contributed by atoms with Crippen LogP contribution in [0.5, 0.6) is 6.01 Å². The highest BCUT2D eigenvalue weighted by molar-refractivity contribution is 6.28. The van der Waals surface area contributed by atoms with Gasteiger partial charge in [-0.1, -0.05) is 0 Å². The quantitative estimate of drug-likeness (QED) is 0.600. The molecule has 2 heterocycles. The van der Waals surface area contributed by atoms with E-state index in [0.717, 1.165) is 0 Å². The van der Waals surface area contributed by atoms with E-state index in [1.807, 2.05) is 0 Å². The van der Waals surface area contributed by atoms with Gasteiger partial charge in [0.1, 0.15) is 12.9 Å². The smallest absolute Gasteiger partial charge is 0.322 e. The maximum atomic E-state index is 5.76. The number of imidazole rings is 1. The van der Waals surface area contributed by atoms with Crippen LogP contribution >= 0.6 is 11.6 Å². The molecule has 17 heavy (non-hydrogen) atoms. The summed E-state index contributed by atoms with van der Waals surface area (Å²) in [7, 11) is 0. The summed E-state index contributed by atoms with van der Waals surface area (Å²) < 4.78 is 6.84. The number of hydrogen-bond acceptors (Lipinski definition) is 5. The Kier molecular flexibility index (Phi) is 3.52. The minimum Gasteiger partial charge on any atom is -0.462 e. The van der Waals surface area contributed by atoms with E-state index in [1.54, 1.807) is 23.3 Å². The third kappa shape index (κ3) is 2.92. The summed E-state index contributed by atoms with van der Waals surface area (Å²) in [5.41, 5.74) is 0. The zero-order valence-corrected chi connectivity index (χ0v) is 9.50. The van der Waals surface area contributed by atoms with Gasteiger partial charge in [-0.2, -0.15) is 15.0 Å². The van der Waals surface area contributed by atoms with Crippen LogP contribution in [0, 0.1) is 12.3 Å². The van der Waals surface area contributed by atoms with Crippen molar-refractivity contribution in [3.05, 3.63) is 24.0 Å². The van der Waals surface area contributed by atoms with Gasteiger partial charge in [-0.25, -0.2) is 4.98 Å². The van der Waals surface area contributed by atoms with E-state index in [4.69, 9.17) is 22.8 Å². The molecule has 86 valence electrons. The van der Waals surface area contributed by atoms with Gasteiger partial charge in [0.25, 0.3) is 0 Å². The summed E-state index contributed by atoms with van der Waals surface area (Å²) in [4.78, 5) is 15.7. The SMILES string of the molecule is C#CCCOc1nc(Cl)nc(-n2ccnc2)n1. The van der Waals surface area contributed by atoms with Crippen LogP contribution in [0.4, 0.5) is 0 Å². The third-order valence-electron chi connectivity index (χ3n) is 1.79. The van der Waals surface area contributed by atoms with E-state index in [-0.39, 0.29) is 11.3 Å². The maximum Gasteiger partial charge on any atom is 0.322 e. The minimum absolute atomic E-state index is 0.0550. The fourth-order valence-electron chi connectivity index (χ4n) is 1.08. The Morgan fingerprint density at radius 3 is 3.00 bits per heavy atom. The zero-order chi connectivity index (χ0) is 12.1. The first-order valence-electron chi connectivity index (χ1n) is 4.76. The molecular formula is C10H8ClN5O. The molecule has 0 unspecified atom stereocenters. The molecule has 0 fully saturated rings. The molecule has 2 aromatic heterocycles. The van der Waals surface area contributed by atoms with Crippen LogP contribution < -0.4 is 4.74 Å². The molecule has 0 spiro atoms. The Balaban J connectivity index is 2.21. The highest BCUT2D eigenvalue weighted by Crippen LogP contribution is 2.11. The van der Waals surface area contributed by atoms with Crippen molar-refractivity contribution in [3.8, 4) is 24.3 Å². The largest absolute Gasteiger partial charge is 0.462 e. The van der Waals surface area contributed by atoms with Gasteiger partial charge in [-0.3, -0.25) is 4.57 Å². The summed E-state index contributed by atoms with van der Waals surface area (Å²) in [6.45, 7) is 0.334. The Labute approximate surface area is 103 Å². The van der Waals surface area contributed by atoms with Crippen LogP contribution in [0.25, 0.3) is 5.95 Å². The van der Waals surface area contributed by atoms with Crippen molar-refractivity contribution < 1.29 is 4.74 Å². The molecule has 2 aromatic rings. The van der Waals surface area contributed by atoms with Crippen LogP contribution in [0.2, 0.25) is 5.28 Å². The first-order valence-corrected chi connectivity index (χ1v) is 5.13. The second-order valence-corrected chi connectivity index (χ2v) is 3.30. The molecule has 0 radical (unpaired) electrons. The van der Waals surface area contributed by atoms with E-state index in [0.29, 0.717) is 19.0 Å². The van der Waals surface area contributed by atoms with Gasteiger partial charge in [-0.15, -0.1) is 12.3 Å². The highest BCUT2D eigenvalue weighted by Gasteiger charge is 2.07. The lowest BCUT2D eigenvalue weighted by molar-refractivity contribution is 0.299. The van der Waals surface area contributed by atoms with Crippen molar-refractivity contribution in [1.29, 1.82) is 0 Å². The molecular weight excluding hydrogens is 242 g/mol. The topological polar surface area (TPSA) is 65.7 Å². The van der Waals surface area contributed by atoms with E-state index >= 15 is 0 Å². The van der Waals surface area contributed by atoms with Crippen molar-refractivity contribution in [1.82, 2.24) is 24.5 Å². The number of hydrogen-bond donors (Lipinski definition) is 0. The minimum atomic E-state index is 0.0550. The summed E-state index contributed by atoms with van der Waals surface area (Å²) in [6.07, 6.45) is 10.4. The molecule has 6 nitrogen and oxygen atoms in total. The van der Waals surface area contributed by atoms with Gasteiger partial charge < -0.3 is 4.74 Å². The molecule has 0 N–H and O–H groups in total. The number of ether oxygens (including phenoxy) is 1. The summed E-state index contributed by atoms with van der Waals surface area (Å²) in [5, 5.41) is 0.0550. The predicted molar refractivity (Wildman–Crippen MR) is 60.9 cm³/mol. The lowest BCUT2D eigenvalue weighted by atomic mass is 10.5. The van der Waals surface area contributed by atoms with Gasteiger partial charge in [-0.05, 0) is 11.6 Å². The molecule has 0 aliphatic carbocycles. The van der Waals surface area contributed by atoms with Crippen molar-refractivity contribution in [2.75, 3.05) is 6.61 Å². The summed E-state index contributed by atoms with van der Waals surface area (Å²) in [5.74, 6) is 2.80. The molecule has 0 amide bonds. The number of aromatic nitrogens is 5. The number of rotatable bonds is 4. The third-order valence-corrected chi connectivity index (χ3v) is 1.96. The lowest BCUT2D eigenvalue weighted by Crippen LogP contribution is -2.06. The van der Waals surface area contributed by atoms with Gasteiger partial charge in [0.05, 0.1) is 0 Å². The standard InChI is InChI=1S/C10H8ClN5O/c1-2-3-6-17-10-14-8(11)13-9(15-10)16-5-4-12-7-16/h1,4-5,7H,3,6H2. The molecule has 0 aromatic carbocycles. The van der Waals surface area contributed by atoms with Crippen molar-refractivity contribution in [2.45, 2.75) is 6.42 Å². The van der Waals surface area contributed by atoms with E-state index in [1.165, 1.54) is 0 Å². The Hall–Kier alpha value is -2.13. The molecule has 7 heteroatoms. The van der Waals surface area contributed by atoms with Crippen molar-refractivity contribution >= 4 is 11.6 Å². The Bertz CT molecular complexity index is 534. The average molecular weight is 250 g/mol.